The highest BCUT2D eigenvalue weighted by atomic mass is 32.2. The van der Waals surface area contributed by atoms with Crippen molar-refractivity contribution < 1.29 is 8.42 Å². The molecule has 0 bridgehead atoms. The lowest BCUT2D eigenvalue weighted by Crippen LogP contribution is -2.27. The van der Waals surface area contributed by atoms with Crippen LogP contribution in [0.1, 0.15) is 26.7 Å². The first-order valence-electron chi connectivity index (χ1n) is 5.44. The minimum absolute atomic E-state index is 0.351. The zero-order valence-electron chi connectivity index (χ0n) is 9.12. The van der Waals surface area contributed by atoms with Gasteiger partial charge in [0.2, 0.25) is 0 Å². The topological polar surface area (TPSA) is 46.2 Å². The highest BCUT2D eigenvalue weighted by molar-refractivity contribution is 7.91. The van der Waals surface area contributed by atoms with E-state index in [2.05, 4.69) is 19.2 Å². The van der Waals surface area contributed by atoms with Crippen molar-refractivity contribution in [3.63, 3.8) is 0 Å². The number of hydrogen-bond donors (Lipinski definition) is 1. The maximum absolute atomic E-state index is 11.2. The Morgan fingerprint density at radius 1 is 1.50 bits per heavy atom. The lowest BCUT2D eigenvalue weighted by atomic mass is 10.1. The van der Waals surface area contributed by atoms with E-state index >= 15 is 0 Å². The van der Waals surface area contributed by atoms with Crippen molar-refractivity contribution in [2.24, 2.45) is 11.8 Å². The van der Waals surface area contributed by atoms with E-state index in [0.29, 0.717) is 23.3 Å². The van der Waals surface area contributed by atoms with Crippen LogP contribution in [0.15, 0.2) is 0 Å². The fraction of sp³-hybridized carbons (Fsp3) is 1.00. The molecule has 1 fully saturated rings. The van der Waals surface area contributed by atoms with E-state index in [-0.39, 0.29) is 0 Å². The molecule has 1 saturated heterocycles. The van der Waals surface area contributed by atoms with Crippen LogP contribution in [0.2, 0.25) is 0 Å². The van der Waals surface area contributed by atoms with Crippen molar-refractivity contribution in [2.75, 3.05) is 24.6 Å². The van der Waals surface area contributed by atoms with Gasteiger partial charge in [0.25, 0.3) is 0 Å². The van der Waals surface area contributed by atoms with Crippen molar-refractivity contribution in [1.29, 1.82) is 0 Å². The van der Waals surface area contributed by atoms with Gasteiger partial charge in [-0.15, -0.1) is 0 Å². The molecule has 1 rings (SSSR count). The van der Waals surface area contributed by atoms with Gasteiger partial charge in [-0.3, -0.25) is 0 Å². The van der Waals surface area contributed by atoms with Gasteiger partial charge in [0, 0.05) is 0 Å². The summed E-state index contributed by atoms with van der Waals surface area (Å²) in [6.45, 7) is 6.25. The molecule has 2 atom stereocenters. The number of nitrogens with one attached hydrogen (secondary N) is 1. The summed E-state index contributed by atoms with van der Waals surface area (Å²) in [4.78, 5) is 0. The molecule has 14 heavy (non-hydrogen) atoms. The maximum atomic E-state index is 11.2. The first-order chi connectivity index (χ1) is 6.53. The summed E-state index contributed by atoms with van der Waals surface area (Å²) >= 11 is 0. The van der Waals surface area contributed by atoms with Gasteiger partial charge in [0.1, 0.15) is 0 Å². The van der Waals surface area contributed by atoms with Gasteiger partial charge < -0.3 is 5.32 Å². The average molecular weight is 219 g/mol. The van der Waals surface area contributed by atoms with Gasteiger partial charge >= 0.3 is 0 Å². The Bertz CT molecular complexity index is 261. The Morgan fingerprint density at radius 2 is 2.21 bits per heavy atom. The third-order valence-corrected chi connectivity index (χ3v) is 4.79. The summed E-state index contributed by atoms with van der Waals surface area (Å²) in [6.07, 6.45) is 2.02. The van der Waals surface area contributed by atoms with Crippen molar-refractivity contribution in [3.8, 4) is 0 Å². The van der Waals surface area contributed by atoms with Crippen molar-refractivity contribution in [3.05, 3.63) is 0 Å². The highest BCUT2D eigenvalue weighted by Crippen LogP contribution is 2.17. The molecule has 0 aliphatic carbocycles. The minimum atomic E-state index is -2.69. The molecule has 3 nitrogen and oxygen atoms in total. The number of hydrogen-bond acceptors (Lipinski definition) is 3. The fourth-order valence-electron chi connectivity index (χ4n) is 1.71. The molecule has 0 saturated carbocycles. The molecule has 0 spiro atoms. The number of sulfone groups is 1. The fourth-order valence-corrected chi connectivity index (χ4v) is 3.57. The van der Waals surface area contributed by atoms with Crippen LogP contribution in [0, 0.1) is 11.8 Å². The first kappa shape index (κ1) is 12.0. The van der Waals surface area contributed by atoms with E-state index < -0.39 is 9.84 Å². The molecule has 0 aromatic carbocycles. The largest absolute Gasteiger partial charge is 0.316 e. The monoisotopic (exact) mass is 219 g/mol. The molecule has 1 aliphatic rings. The zero-order valence-corrected chi connectivity index (χ0v) is 9.94. The van der Waals surface area contributed by atoms with Crippen molar-refractivity contribution in [1.82, 2.24) is 5.32 Å². The van der Waals surface area contributed by atoms with E-state index in [4.69, 9.17) is 0 Å². The van der Waals surface area contributed by atoms with Gasteiger partial charge in [-0.25, -0.2) is 8.42 Å². The van der Waals surface area contributed by atoms with Crippen LogP contribution in [-0.4, -0.2) is 33.0 Å². The van der Waals surface area contributed by atoms with E-state index in [1.54, 1.807) is 0 Å². The summed E-state index contributed by atoms with van der Waals surface area (Å²) in [7, 11) is -2.69. The molecule has 0 radical (unpaired) electrons. The van der Waals surface area contributed by atoms with Crippen LogP contribution in [0.4, 0.5) is 0 Å². The molecule has 84 valence electrons. The Kier molecular flexibility index (Phi) is 4.38. The van der Waals surface area contributed by atoms with Crippen LogP contribution < -0.4 is 5.32 Å². The molecule has 1 heterocycles. The van der Waals surface area contributed by atoms with Gasteiger partial charge in [-0.2, -0.15) is 0 Å². The molecule has 0 aromatic heterocycles. The maximum Gasteiger partial charge on any atom is 0.150 e. The predicted molar refractivity (Wildman–Crippen MR) is 59.1 cm³/mol. The Hall–Kier alpha value is -0.0900. The summed E-state index contributed by atoms with van der Waals surface area (Å²) in [6, 6.07) is 0. The van der Waals surface area contributed by atoms with E-state index in [1.165, 1.54) is 6.42 Å². The molecular formula is C10H21NO2S. The third kappa shape index (κ3) is 3.96. The second kappa shape index (κ2) is 5.12. The third-order valence-electron chi connectivity index (χ3n) is 2.95. The van der Waals surface area contributed by atoms with Crippen LogP contribution >= 0.6 is 0 Å². The second-order valence-electron chi connectivity index (χ2n) is 4.44. The van der Waals surface area contributed by atoms with Gasteiger partial charge in [-0.05, 0) is 31.3 Å². The summed E-state index contributed by atoms with van der Waals surface area (Å²) in [5, 5.41) is 3.35. The lowest BCUT2D eigenvalue weighted by molar-refractivity contribution is 0.455. The van der Waals surface area contributed by atoms with Crippen LogP contribution in [0.25, 0.3) is 0 Å². The van der Waals surface area contributed by atoms with Crippen LogP contribution in [-0.2, 0) is 9.84 Å². The predicted octanol–water partition coefficient (Wildman–Crippen LogP) is 1.06. The Morgan fingerprint density at radius 3 is 2.71 bits per heavy atom. The quantitative estimate of drug-likeness (QED) is 0.752. The summed E-state index contributed by atoms with van der Waals surface area (Å²) in [5.41, 5.74) is 0. The molecule has 2 unspecified atom stereocenters. The van der Waals surface area contributed by atoms with Crippen LogP contribution in [0.3, 0.4) is 0 Å². The second-order valence-corrected chi connectivity index (χ2v) is 6.67. The average Bonchev–Trinajstić information content (AvgIpc) is 2.45. The standard InChI is InChI=1S/C10H21NO2S/c1-3-9(2)6-11-7-10-4-5-14(12,13)8-10/h9-11H,3-8H2,1-2H3. The Balaban J connectivity index is 2.15. The molecule has 0 amide bonds. The normalized spacial score (nSPS) is 27.7. The zero-order chi connectivity index (χ0) is 10.6. The molecular weight excluding hydrogens is 198 g/mol. The first-order valence-corrected chi connectivity index (χ1v) is 7.26. The van der Waals surface area contributed by atoms with Crippen molar-refractivity contribution >= 4 is 9.84 Å². The molecule has 1 N–H and O–H groups in total. The minimum Gasteiger partial charge on any atom is -0.316 e. The Labute approximate surface area is 87.2 Å². The SMILES string of the molecule is CCC(C)CNCC1CCS(=O)(=O)C1. The summed E-state index contributed by atoms with van der Waals surface area (Å²) < 4.78 is 22.3. The van der Waals surface area contributed by atoms with Gasteiger partial charge in [0.05, 0.1) is 11.5 Å². The van der Waals surface area contributed by atoms with E-state index in [1.807, 2.05) is 0 Å². The molecule has 4 heteroatoms. The van der Waals surface area contributed by atoms with E-state index in [0.717, 1.165) is 19.5 Å². The lowest BCUT2D eigenvalue weighted by Gasteiger charge is -2.12. The molecule has 0 aromatic rings. The highest BCUT2D eigenvalue weighted by Gasteiger charge is 2.27. The van der Waals surface area contributed by atoms with Crippen molar-refractivity contribution in [2.45, 2.75) is 26.7 Å². The smallest absolute Gasteiger partial charge is 0.150 e. The van der Waals surface area contributed by atoms with Crippen LogP contribution in [0.5, 0.6) is 0 Å². The van der Waals surface area contributed by atoms with Gasteiger partial charge in [-0.1, -0.05) is 20.3 Å². The van der Waals surface area contributed by atoms with Gasteiger partial charge in [0.15, 0.2) is 9.84 Å². The summed E-state index contributed by atoms with van der Waals surface area (Å²) in [5.74, 6) is 1.82. The molecule has 1 aliphatic heterocycles. The van der Waals surface area contributed by atoms with E-state index in [9.17, 15) is 8.42 Å². The number of rotatable bonds is 5.